The fourth-order valence-corrected chi connectivity index (χ4v) is 4.80. The number of hydrogen-bond acceptors (Lipinski definition) is 5. The molecule has 0 atom stereocenters. The molecule has 1 aliphatic heterocycles. The van der Waals surface area contributed by atoms with E-state index >= 15 is 0 Å². The molecule has 4 rings (SSSR count). The quantitative estimate of drug-likeness (QED) is 0.417. The number of nitrogens with zero attached hydrogens (tertiary/aromatic N) is 3. The summed E-state index contributed by atoms with van der Waals surface area (Å²) < 4.78 is 18.6. The summed E-state index contributed by atoms with van der Waals surface area (Å²) in [6.07, 6.45) is 9.25. The van der Waals surface area contributed by atoms with Crippen LogP contribution in [0.3, 0.4) is 0 Å². The Labute approximate surface area is 213 Å². The van der Waals surface area contributed by atoms with Gasteiger partial charge in [0.05, 0.1) is 21.3 Å². The summed E-state index contributed by atoms with van der Waals surface area (Å²) >= 11 is 0. The van der Waals surface area contributed by atoms with Gasteiger partial charge in [-0.3, -0.25) is 4.79 Å². The Hall–Kier alpha value is -3.74. The fraction of sp³-hybridized carbons (Fsp3) is 0.379. The molecule has 0 N–H and O–H groups in total. The highest BCUT2D eigenvalue weighted by Gasteiger charge is 2.26. The fourth-order valence-electron chi connectivity index (χ4n) is 4.80. The van der Waals surface area contributed by atoms with Crippen LogP contribution < -0.4 is 14.2 Å². The predicted octanol–water partition coefficient (Wildman–Crippen LogP) is 4.99. The molecular weight excluding hydrogens is 454 g/mol. The average Bonchev–Trinajstić information content (AvgIpc) is 3.36. The Bertz CT molecular complexity index is 1210. The lowest BCUT2D eigenvalue weighted by Crippen LogP contribution is -2.37. The number of aromatic nitrogens is 2. The van der Waals surface area contributed by atoms with E-state index < -0.39 is 0 Å². The van der Waals surface area contributed by atoms with Crippen molar-refractivity contribution in [2.45, 2.75) is 39.2 Å². The molecule has 1 aliphatic rings. The SMILES string of the molecule is COc1cc(Cn2ccnc2C2CCN(C(=O)C=Cc3cc(C)ccc3C)CC2)cc(OC)c1OC. The third-order valence-electron chi connectivity index (χ3n) is 6.84. The molecule has 2 heterocycles. The minimum absolute atomic E-state index is 0.0649. The molecule has 0 aliphatic carbocycles. The van der Waals surface area contributed by atoms with Gasteiger partial charge in [-0.05, 0) is 61.6 Å². The summed E-state index contributed by atoms with van der Waals surface area (Å²) in [5.74, 6) is 3.26. The zero-order valence-corrected chi connectivity index (χ0v) is 21.8. The molecule has 0 bridgehead atoms. The number of methoxy groups -OCH3 is 3. The molecule has 1 fully saturated rings. The normalized spacial score (nSPS) is 14.3. The van der Waals surface area contributed by atoms with Crippen LogP contribution >= 0.6 is 0 Å². The van der Waals surface area contributed by atoms with Gasteiger partial charge in [0.15, 0.2) is 11.5 Å². The topological polar surface area (TPSA) is 65.8 Å². The number of ether oxygens (including phenoxy) is 3. The van der Waals surface area contributed by atoms with E-state index in [4.69, 9.17) is 14.2 Å². The third-order valence-corrected chi connectivity index (χ3v) is 6.84. The highest BCUT2D eigenvalue weighted by Crippen LogP contribution is 2.38. The average molecular weight is 490 g/mol. The second-order valence-electron chi connectivity index (χ2n) is 9.24. The molecular formula is C29H35N3O4. The van der Waals surface area contributed by atoms with Crippen molar-refractivity contribution in [1.82, 2.24) is 14.5 Å². The van der Waals surface area contributed by atoms with Crippen LogP contribution in [-0.4, -0.2) is 54.8 Å². The van der Waals surface area contributed by atoms with E-state index in [0.717, 1.165) is 42.9 Å². The predicted molar refractivity (Wildman–Crippen MR) is 141 cm³/mol. The van der Waals surface area contributed by atoms with Crippen LogP contribution in [0.25, 0.3) is 6.08 Å². The highest BCUT2D eigenvalue weighted by atomic mass is 16.5. The van der Waals surface area contributed by atoms with E-state index in [1.165, 1.54) is 11.1 Å². The van der Waals surface area contributed by atoms with E-state index in [0.29, 0.717) is 29.7 Å². The molecule has 0 saturated carbocycles. The van der Waals surface area contributed by atoms with E-state index in [2.05, 4.69) is 41.6 Å². The summed E-state index contributed by atoms with van der Waals surface area (Å²) in [5.41, 5.74) is 4.48. The van der Waals surface area contributed by atoms with Crippen LogP contribution in [-0.2, 0) is 11.3 Å². The number of likely N-dealkylation sites (tertiary alicyclic amines) is 1. The Morgan fingerprint density at radius 3 is 2.36 bits per heavy atom. The van der Waals surface area contributed by atoms with Crippen LogP contribution in [0.4, 0.5) is 0 Å². The summed E-state index contributed by atoms with van der Waals surface area (Å²) in [6.45, 7) is 6.21. The molecule has 0 unspecified atom stereocenters. The first-order valence-electron chi connectivity index (χ1n) is 12.3. The van der Waals surface area contributed by atoms with Gasteiger partial charge in [-0.15, -0.1) is 0 Å². The van der Waals surface area contributed by atoms with E-state index in [9.17, 15) is 4.79 Å². The molecule has 1 amide bonds. The van der Waals surface area contributed by atoms with Crippen molar-refractivity contribution in [2.24, 2.45) is 0 Å². The van der Waals surface area contributed by atoms with Gasteiger partial charge < -0.3 is 23.7 Å². The number of aryl methyl sites for hydroxylation is 2. The van der Waals surface area contributed by atoms with E-state index in [-0.39, 0.29) is 5.91 Å². The molecule has 7 heteroatoms. The van der Waals surface area contributed by atoms with Crippen LogP contribution in [0.15, 0.2) is 48.8 Å². The molecule has 1 saturated heterocycles. The summed E-state index contributed by atoms with van der Waals surface area (Å²) in [6, 6.07) is 10.2. The van der Waals surface area contributed by atoms with Crippen molar-refractivity contribution in [1.29, 1.82) is 0 Å². The lowest BCUT2D eigenvalue weighted by atomic mass is 9.95. The van der Waals surface area contributed by atoms with Crippen LogP contribution in [0.1, 0.15) is 46.8 Å². The monoisotopic (exact) mass is 489 g/mol. The van der Waals surface area contributed by atoms with Crippen molar-refractivity contribution in [3.63, 3.8) is 0 Å². The summed E-state index contributed by atoms with van der Waals surface area (Å²) in [5, 5.41) is 0. The van der Waals surface area contributed by atoms with Crippen molar-refractivity contribution in [2.75, 3.05) is 34.4 Å². The lowest BCUT2D eigenvalue weighted by Gasteiger charge is -2.31. The number of benzene rings is 2. The van der Waals surface area contributed by atoms with Gasteiger partial charge in [-0.1, -0.05) is 23.8 Å². The van der Waals surface area contributed by atoms with Crippen molar-refractivity contribution in [3.8, 4) is 17.2 Å². The molecule has 36 heavy (non-hydrogen) atoms. The Kier molecular flexibility index (Phi) is 7.98. The lowest BCUT2D eigenvalue weighted by molar-refractivity contribution is -0.127. The van der Waals surface area contributed by atoms with Gasteiger partial charge in [0.2, 0.25) is 11.7 Å². The van der Waals surface area contributed by atoms with E-state index in [1.54, 1.807) is 27.4 Å². The molecule has 2 aromatic carbocycles. The summed E-state index contributed by atoms with van der Waals surface area (Å²) in [4.78, 5) is 19.4. The van der Waals surface area contributed by atoms with Gasteiger partial charge in [0.25, 0.3) is 0 Å². The van der Waals surface area contributed by atoms with Gasteiger partial charge in [0.1, 0.15) is 5.82 Å². The maximum Gasteiger partial charge on any atom is 0.246 e. The first-order chi connectivity index (χ1) is 17.4. The zero-order chi connectivity index (χ0) is 25.7. The minimum atomic E-state index is 0.0649. The zero-order valence-electron chi connectivity index (χ0n) is 21.8. The van der Waals surface area contributed by atoms with Gasteiger partial charge in [0, 0.05) is 44.0 Å². The highest BCUT2D eigenvalue weighted by molar-refractivity contribution is 5.92. The number of imidazole rings is 1. The standard InChI is InChI=1S/C29H35N3O4/c1-20-6-7-21(2)24(16-20)8-9-27(33)31-13-10-23(11-14-31)29-30-12-15-32(29)19-22-17-25(34-3)28(36-5)26(18-22)35-4/h6-9,12,15-18,23H,10-11,13-14,19H2,1-5H3. The molecule has 0 spiro atoms. The van der Waals surface area contributed by atoms with E-state index in [1.807, 2.05) is 35.5 Å². The third kappa shape index (κ3) is 5.56. The van der Waals surface area contributed by atoms with Crippen LogP contribution in [0.2, 0.25) is 0 Å². The number of carbonyl (C=O) groups is 1. The Balaban J connectivity index is 1.41. The Morgan fingerprint density at radius 2 is 1.72 bits per heavy atom. The van der Waals surface area contributed by atoms with Crippen LogP contribution in [0, 0.1) is 13.8 Å². The first kappa shape index (κ1) is 25.4. The number of hydrogen-bond donors (Lipinski definition) is 0. The second kappa shape index (κ2) is 11.3. The smallest absolute Gasteiger partial charge is 0.246 e. The number of carbonyl (C=O) groups excluding carboxylic acids is 1. The number of rotatable bonds is 8. The number of amides is 1. The largest absolute Gasteiger partial charge is 0.493 e. The van der Waals surface area contributed by atoms with Crippen molar-refractivity contribution in [3.05, 3.63) is 76.9 Å². The molecule has 190 valence electrons. The summed E-state index contributed by atoms with van der Waals surface area (Å²) in [7, 11) is 4.84. The van der Waals surface area contributed by atoms with Gasteiger partial charge in [-0.2, -0.15) is 0 Å². The van der Waals surface area contributed by atoms with Gasteiger partial charge in [-0.25, -0.2) is 4.98 Å². The van der Waals surface area contributed by atoms with Crippen molar-refractivity contribution >= 4 is 12.0 Å². The van der Waals surface area contributed by atoms with Crippen molar-refractivity contribution < 1.29 is 19.0 Å². The maximum absolute atomic E-state index is 12.8. The minimum Gasteiger partial charge on any atom is -0.493 e. The molecule has 0 radical (unpaired) electrons. The second-order valence-corrected chi connectivity index (χ2v) is 9.24. The molecule has 3 aromatic rings. The first-order valence-corrected chi connectivity index (χ1v) is 12.3. The molecule has 1 aromatic heterocycles. The van der Waals surface area contributed by atoms with Gasteiger partial charge >= 0.3 is 0 Å². The number of piperidine rings is 1. The molecule has 7 nitrogen and oxygen atoms in total. The maximum atomic E-state index is 12.8. The van der Waals surface area contributed by atoms with Crippen LogP contribution in [0.5, 0.6) is 17.2 Å². The Morgan fingerprint density at radius 1 is 1.03 bits per heavy atom.